The first-order chi connectivity index (χ1) is 8.03. The lowest BCUT2D eigenvalue weighted by atomic mass is 9.80. The van der Waals surface area contributed by atoms with E-state index in [1.54, 1.807) is 0 Å². The van der Waals surface area contributed by atoms with E-state index < -0.39 is 0 Å². The Bertz CT molecular complexity index is 438. The molecule has 92 valence electrons. The van der Waals surface area contributed by atoms with Crippen LogP contribution in [0.5, 0.6) is 0 Å². The van der Waals surface area contributed by atoms with Gasteiger partial charge in [-0.15, -0.1) is 0 Å². The first kappa shape index (κ1) is 12.1. The summed E-state index contributed by atoms with van der Waals surface area (Å²) >= 11 is 0. The van der Waals surface area contributed by atoms with Crippen molar-refractivity contribution in [3.63, 3.8) is 0 Å². The van der Waals surface area contributed by atoms with E-state index in [0.717, 1.165) is 18.5 Å². The van der Waals surface area contributed by atoms with Crippen LogP contribution in [0.15, 0.2) is 18.2 Å². The number of hydrogen-bond donors (Lipinski definition) is 2. The monoisotopic (exact) mass is 232 g/mol. The van der Waals surface area contributed by atoms with Gasteiger partial charge in [0.05, 0.1) is 0 Å². The molecule has 0 aromatic heterocycles. The van der Waals surface area contributed by atoms with Crippen LogP contribution in [-0.2, 0) is 16.6 Å². The van der Waals surface area contributed by atoms with Crippen LogP contribution in [-0.4, -0.2) is 12.5 Å². The Morgan fingerprint density at radius 1 is 1.41 bits per heavy atom. The second-order valence-electron chi connectivity index (χ2n) is 5.35. The summed E-state index contributed by atoms with van der Waals surface area (Å²) in [5.74, 6) is 0.113. The van der Waals surface area contributed by atoms with E-state index in [4.69, 9.17) is 5.73 Å². The van der Waals surface area contributed by atoms with E-state index >= 15 is 0 Å². The van der Waals surface area contributed by atoms with Crippen molar-refractivity contribution in [1.82, 2.24) is 0 Å². The summed E-state index contributed by atoms with van der Waals surface area (Å²) in [5.41, 5.74) is 8.98. The largest absolute Gasteiger partial charge is 0.330 e. The second-order valence-corrected chi connectivity index (χ2v) is 5.35. The molecule has 1 amide bonds. The highest BCUT2D eigenvalue weighted by atomic mass is 16.1. The van der Waals surface area contributed by atoms with Crippen molar-refractivity contribution in [1.29, 1.82) is 0 Å². The van der Waals surface area contributed by atoms with Crippen LogP contribution in [0.1, 0.15) is 37.8 Å². The fourth-order valence-corrected chi connectivity index (χ4v) is 2.38. The number of rotatable bonds is 2. The van der Waals surface area contributed by atoms with Crippen molar-refractivity contribution >= 4 is 11.6 Å². The summed E-state index contributed by atoms with van der Waals surface area (Å²) in [6, 6.07) is 6.31. The van der Waals surface area contributed by atoms with Crippen LogP contribution in [0.2, 0.25) is 0 Å². The zero-order valence-corrected chi connectivity index (χ0v) is 10.5. The van der Waals surface area contributed by atoms with Crippen LogP contribution in [0, 0.1) is 0 Å². The zero-order valence-electron chi connectivity index (χ0n) is 10.5. The fraction of sp³-hybridized carbons (Fsp3) is 0.500. The molecule has 0 saturated heterocycles. The van der Waals surface area contributed by atoms with Crippen LogP contribution in [0.25, 0.3) is 0 Å². The molecule has 3 heteroatoms. The highest BCUT2D eigenvalue weighted by molar-refractivity contribution is 5.92. The SMILES string of the molecule is CC1(C)CCC(=O)Nc2cc(CCN)ccc21. The van der Waals surface area contributed by atoms with Gasteiger partial charge in [-0.05, 0) is 42.0 Å². The Balaban J connectivity index is 2.44. The number of nitrogens with one attached hydrogen (secondary N) is 1. The average molecular weight is 232 g/mol. The van der Waals surface area contributed by atoms with Gasteiger partial charge < -0.3 is 11.1 Å². The smallest absolute Gasteiger partial charge is 0.224 e. The molecule has 0 saturated carbocycles. The minimum atomic E-state index is 0.0513. The zero-order chi connectivity index (χ0) is 12.5. The van der Waals surface area contributed by atoms with Crippen molar-refractivity contribution in [2.45, 2.75) is 38.5 Å². The van der Waals surface area contributed by atoms with Crippen LogP contribution < -0.4 is 11.1 Å². The second kappa shape index (κ2) is 4.49. The molecule has 1 aromatic carbocycles. The standard InChI is InChI=1S/C14H20N2O/c1-14(2)7-5-13(17)16-12-9-10(6-8-15)3-4-11(12)14/h3-4,9H,5-8,15H2,1-2H3,(H,16,17). The predicted octanol–water partition coefficient (Wildman–Crippen LogP) is 2.20. The molecule has 1 heterocycles. The molecule has 0 bridgehead atoms. The number of benzene rings is 1. The molecule has 1 aliphatic rings. The third-order valence-electron chi connectivity index (χ3n) is 3.50. The van der Waals surface area contributed by atoms with Gasteiger partial charge in [0, 0.05) is 12.1 Å². The lowest BCUT2D eigenvalue weighted by Crippen LogP contribution is -2.16. The van der Waals surface area contributed by atoms with E-state index in [-0.39, 0.29) is 11.3 Å². The minimum absolute atomic E-state index is 0.0513. The van der Waals surface area contributed by atoms with Crippen molar-refractivity contribution < 1.29 is 4.79 Å². The van der Waals surface area contributed by atoms with Gasteiger partial charge in [0.25, 0.3) is 0 Å². The maximum absolute atomic E-state index is 11.7. The van der Waals surface area contributed by atoms with Gasteiger partial charge in [0.2, 0.25) is 5.91 Å². The molecule has 0 aliphatic carbocycles. The summed E-state index contributed by atoms with van der Waals surface area (Å²) < 4.78 is 0. The minimum Gasteiger partial charge on any atom is -0.330 e. The van der Waals surface area contributed by atoms with Crippen LogP contribution >= 0.6 is 0 Å². The molecule has 0 spiro atoms. The van der Waals surface area contributed by atoms with Gasteiger partial charge in [-0.3, -0.25) is 4.79 Å². The summed E-state index contributed by atoms with van der Waals surface area (Å²) in [4.78, 5) is 11.7. The molecule has 3 nitrogen and oxygen atoms in total. The Morgan fingerprint density at radius 2 is 2.18 bits per heavy atom. The molecule has 0 fully saturated rings. The first-order valence-electron chi connectivity index (χ1n) is 6.16. The molecule has 1 aromatic rings. The molecule has 1 aliphatic heterocycles. The maximum Gasteiger partial charge on any atom is 0.224 e. The molecular weight excluding hydrogens is 212 g/mol. The van der Waals surface area contributed by atoms with Gasteiger partial charge in [-0.2, -0.15) is 0 Å². The highest BCUT2D eigenvalue weighted by Gasteiger charge is 2.28. The van der Waals surface area contributed by atoms with Gasteiger partial charge in [-0.1, -0.05) is 26.0 Å². The van der Waals surface area contributed by atoms with Crippen molar-refractivity contribution in [3.8, 4) is 0 Å². The number of nitrogens with two attached hydrogens (primary N) is 1. The van der Waals surface area contributed by atoms with Crippen molar-refractivity contribution in [2.75, 3.05) is 11.9 Å². The van der Waals surface area contributed by atoms with Crippen LogP contribution in [0.4, 0.5) is 5.69 Å². The molecular formula is C14H20N2O. The molecule has 0 atom stereocenters. The quantitative estimate of drug-likeness (QED) is 0.821. The molecule has 2 rings (SSSR count). The van der Waals surface area contributed by atoms with E-state index in [1.165, 1.54) is 11.1 Å². The first-order valence-corrected chi connectivity index (χ1v) is 6.16. The molecule has 0 unspecified atom stereocenters. The molecule has 17 heavy (non-hydrogen) atoms. The predicted molar refractivity (Wildman–Crippen MR) is 70.1 cm³/mol. The lowest BCUT2D eigenvalue weighted by Gasteiger charge is -2.24. The summed E-state index contributed by atoms with van der Waals surface area (Å²) in [6.07, 6.45) is 2.33. The third-order valence-corrected chi connectivity index (χ3v) is 3.50. The number of amides is 1. The number of hydrogen-bond acceptors (Lipinski definition) is 2. The number of carbonyl (C=O) groups excluding carboxylic acids is 1. The van der Waals surface area contributed by atoms with Gasteiger partial charge in [-0.25, -0.2) is 0 Å². The number of carbonyl (C=O) groups is 1. The Morgan fingerprint density at radius 3 is 2.88 bits per heavy atom. The summed E-state index contributed by atoms with van der Waals surface area (Å²) in [6.45, 7) is 5.01. The van der Waals surface area contributed by atoms with Crippen molar-refractivity contribution in [3.05, 3.63) is 29.3 Å². The van der Waals surface area contributed by atoms with E-state index in [9.17, 15) is 4.79 Å². The third kappa shape index (κ3) is 2.50. The molecule has 3 N–H and O–H groups in total. The fourth-order valence-electron chi connectivity index (χ4n) is 2.38. The Kier molecular flexibility index (Phi) is 3.20. The topological polar surface area (TPSA) is 55.1 Å². The van der Waals surface area contributed by atoms with Gasteiger partial charge in [0.1, 0.15) is 0 Å². The van der Waals surface area contributed by atoms with E-state index in [2.05, 4.69) is 37.4 Å². The number of fused-ring (bicyclic) bond motifs is 1. The highest BCUT2D eigenvalue weighted by Crippen LogP contribution is 2.36. The van der Waals surface area contributed by atoms with Crippen LogP contribution in [0.3, 0.4) is 0 Å². The van der Waals surface area contributed by atoms with E-state index in [1.807, 2.05) is 0 Å². The Labute approximate surface area is 102 Å². The van der Waals surface area contributed by atoms with Gasteiger partial charge >= 0.3 is 0 Å². The molecule has 0 radical (unpaired) electrons. The lowest BCUT2D eigenvalue weighted by molar-refractivity contribution is -0.116. The maximum atomic E-state index is 11.7. The average Bonchev–Trinajstić information content (AvgIpc) is 2.37. The van der Waals surface area contributed by atoms with Crippen molar-refractivity contribution in [2.24, 2.45) is 5.73 Å². The van der Waals surface area contributed by atoms with E-state index in [0.29, 0.717) is 13.0 Å². The Hall–Kier alpha value is -1.35. The van der Waals surface area contributed by atoms with Gasteiger partial charge in [0.15, 0.2) is 0 Å². The number of anilines is 1. The summed E-state index contributed by atoms with van der Waals surface area (Å²) in [7, 11) is 0. The normalized spacial score (nSPS) is 18.2. The summed E-state index contributed by atoms with van der Waals surface area (Å²) in [5, 5.41) is 3.00.